The predicted octanol–water partition coefficient (Wildman–Crippen LogP) is 3.11. The van der Waals surface area contributed by atoms with E-state index in [1.165, 1.54) is 0 Å². The Morgan fingerprint density at radius 1 is 1.35 bits per heavy atom. The van der Waals surface area contributed by atoms with Crippen molar-refractivity contribution in [2.75, 3.05) is 0 Å². The summed E-state index contributed by atoms with van der Waals surface area (Å²) in [5.74, 6) is 0.665. The monoisotopic (exact) mass is 352 g/mol. The van der Waals surface area contributed by atoms with Crippen LogP contribution in [0.4, 0.5) is 0 Å². The number of para-hydroxylation sites is 1. The molecule has 1 atom stereocenters. The van der Waals surface area contributed by atoms with Gasteiger partial charge in [0.15, 0.2) is 0 Å². The number of aryl methyl sites for hydroxylation is 1. The summed E-state index contributed by atoms with van der Waals surface area (Å²) < 4.78 is 12.9. The molecule has 0 aliphatic carbocycles. The van der Waals surface area contributed by atoms with Gasteiger partial charge >= 0.3 is 0 Å². The second-order valence-electron chi connectivity index (χ2n) is 7.11. The Bertz CT molecular complexity index is 957. The molecule has 0 radical (unpaired) electrons. The Labute approximate surface area is 150 Å². The lowest BCUT2D eigenvalue weighted by Crippen LogP contribution is -2.41. The number of carbonyl (C=O) groups is 1. The van der Waals surface area contributed by atoms with Crippen molar-refractivity contribution < 1.29 is 14.1 Å². The molecule has 3 aromatic rings. The molecule has 1 unspecified atom stereocenters. The van der Waals surface area contributed by atoms with Gasteiger partial charge in [0.05, 0.1) is 12.2 Å². The van der Waals surface area contributed by atoms with Gasteiger partial charge < -0.3 is 14.6 Å². The van der Waals surface area contributed by atoms with Gasteiger partial charge in [-0.25, -0.2) is 0 Å². The molecular formula is C19H20N4O3. The van der Waals surface area contributed by atoms with Crippen molar-refractivity contribution in [2.45, 2.75) is 31.9 Å². The van der Waals surface area contributed by atoms with Gasteiger partial charge in [-0.05, 0) is 19.9 Å². The number of rotatable bonds is 3. The SMILES string of the molecule is Cn1cc(-c2cc(C(=O)NC3CC(C)(C)Oc4ccccc43)on2)cn1. The highest BCUT2D eigenvalue weighted by Crippen LogP contribution is 2.39. The number of benzene rings is 1. The summed E-state index contributed by atoms with van der Waals surface area (Å²) in [6.07, 6.45) is 4.16. The summed E-state index contributed by atoms with van der Waals surface area (Å²) in [7, 11) is 1.82. The molecule has 0 saturated heterocycles. The molecular weight excluding hydrogens is 332 g/mol. The minimum absolute atomic E-state index is 0.158. The van der Waals surface area contributed by atoms with E-state index >= 15 is 0 Å². The third-order valence-corrected chi connectivity index (χ3v) is 4.42. The maximum Gasteiger partial charge on any atom is 0.290 e. The summed E-state index contributed by atoms with van der Waals surface area (Å²) in [5.41, 5.74) is 1.98. The summed E-state index contributed by atoms with van der Waals surface area (Å²) in [6, 6.07) is 9.23. The van der Waals surface area contributed by atoms with Gasteiger partial charge in [0.1, 0.15) is 17.0 Å². The fourth-order valence-electron chi connectivity index (χ4n) is 3.23. The quantitative estimate of drug-likeness (QED) is 0.783. The number of nitrogens with one attached hydrogen (secondary N) is 1. The minimum atomic E-state index is -0.366. The minimum Gasteiger partial charge on any atom is -0.487 e. The van der Waals surface area contributed by atoms with Gasteiger partial charge in [0, 0.05) is 36.9 Å². The smallest absolute Gasteiger partial charge is 0.290 e. The molecule has 0 fully saturated rings. The van der Waals surface area contributed by atoms with Crippen LogP contribution in [0.15, 0.2) is 47.2 Å². The zero-order valence-corrected chi connectivity index (χ0v) is 14.9. The molecule has 1 aliphatic heterocycles. The van der Waals surface area contributed by atoms with Crippen LogP contribution in [0.1, 0.15) is 42.4 Å². The molecule has 0 saturated carbocycles. The second kappa shape index (κ2) is 6.01. The lowest BCUT2D eigenvalue weighted by Gasteiger charge is -2.37. The van der Waals surface area contributed by atoms with E-state index < -0.39 is 0 Å². The van der Waals surface area contributed by atoms with E-state index in [4.69, 9.17) is 9.26 Å². The fourth-order valence-corrected chi connectivity index (χ4v) is 3.23. The van der Waals surface area contributed by atoms with Crippen molar-refractivity contribution >= 4 is 5.91 Å². The molecule has 1 amide bonds. The highest BCUT2D eigenvalue weighted by molar-refractivity contribution is 5.92. The molecule has 2 aromatic heterocycles. The number of aromatic nitrogens is 3. The van der Waals surface area contributed by atoms with Crippen molar-refractivity contribution in [1.82, 2.24) is 20.3 Å². The number of carbonyl (C=O) groups excluding carboxylic acids is 1. The first-order valence-corrected chi connectivity index (χ1v) is 8.46. The Balaban J connectivity index is 1.56. The van der Waals surface area contributed by atoms with E-state index in [2.05, 4.69) is 15.6 Å². The first-order valence-electron chi connectivity index (χ1n) is 8.46. The summed E-state index contributed by atoms with van der Waals surface area (Å²) in [5, 5.41) is 11.1. The third-order valence-electron chi connectivity index (χ3n) is 4.42. The average Bonchev–Trinajstić information content (AvgIpc) is 3.22. The molecule has 4 rings (SSSR count). The van der Waals surface area contributed by atoms with E-state index in [0.29, 0.717) is 12.1 Å². The lowest BCUT2D eigenvalue weighted by atomic mass is 9.89. The zero-order chi connectivity index (χ0) is 18.3. The lowest BCUT2D eigenvalue weighted by molar-refractivity contribution is 0.0609. The largest absolute Gasteiger partial charge is 0.487 e. The van der Waals surface area contributed by atoms with Gasteiger partial charge in [-0.15, -0.1) is 0 Å². The van der Waals surface area contributed by atoms with Crippen LogP contribution in [0.3, 0.4) is 0 Å². The van der Waals surface area contributed by atoms with Crippen molar-refractivity contribution in [3.8, 4) is 17.0 Å². The van der Waals surface area contributed by atoms with Crippen LogP contribution in [0.5, 0.6) is 5.75 Å². The van der Waals surface area contributed by atoms with Gasteiger partial charge in [0.2, 0.25) is 5.76 Å². The number of hydrogen-bond acceptors (Lipinski definition) is 5. The third kappa shape index (κ3) is 3.08. The van der Waals surface area contributed by atoms with Gasteiger partial charge in [-0.1, -0.05) is 23.4 Å². The van der Waals surface area contributed by atoms with Crippen molar-refractivity contribution in [1.29, 1.82) is 0 Å². The molecule has 0 spiro atoms. The van der Waals surface area contributed by atoms with Crippen LogP contribution in [0.25, 0.3) is 11.3 Å². The molecule has 26 heavy (non-hydrogen) atoms. The Hall–Kier alpha value is -3.09. The van der Waals surface area contributed by atoms with Crippen LogP contribution >= 0.6 is 0 Å². The Morgan fingerprint density at radius 2 is 2.15 bits per heavy atom. The van der Waals surface area contributed by atoms with E-state index in [9.17, 15) is 4.79 Å². The van der Waals surface area contributed by atoms with E-state index in [-0.39, 0.29) is 23.3 Å². The van der Waals surface area contributed by atoms with Gasteiger partial charge in [-0.2, -0.15) is 5.10 Å². The van der Waals surface area contributed by atoms with E-state index in [1.807, 2.05) is 51.4 Å². The molecule has 0 bridgehead atoms. The molecule has 3 heterocycles. The molecule has 7 nitrogen and oxygen atoms in total. The number of hydrogen-bond donors (Lipinski definition) is 1. The fraction of sp³-hybridized carbons (Fsp3) is 0.316. The van der Waals surface area contributed by atoms with Crippen molar-refractivity contribution in [2.24, 2.45) is 7.05 Å². The van der Waals surface area contributed by atoms with Crippen molar-refractivity contribution in [3.63, 3.8) is 0 Å². The van der Waals surface area contributed by atoms with E-state index in [1.54, 1.807) is 16.9 Å². The van der Waals surface area contributed by atoms with Gasteiger partial charge in [-0.3, -0.25) is 9.48 Å². The molecule has 134 valence electrons. The predicted molar refractivity (Wildman–Crippen MR) is 94.7 cm³/mol. The standard InChI is InChI=1S/C19H20N4O3/c1-19(2)9-15(13-6-4-5-7-16(13)25-19)21-18(24)17-8-14(22-26-17)12-10-20-23(3)11-12/h4-8,10-11,15H,9H2,1-3H3,(H,21,24). The number of ether oxygens (including phenoxy) is 1. The Kier molecular flexibility index (Phi) is 3.79. The van der Waals surface area contributed by atoms with Crippen LogP contribution in [-0.4, -0.2) is 26.4 Å². The average molecular weight is 352 g/mol. The van der Waals surface area contributed by atoms with Crippen LogP contribution in [0, 0.1) is 0 Å². The molecule has 1 aliphatic rings. The summed E-state index contributed by atoms with van der Waals surface area (Å²) in [6.45, 7) is 4.02. The molecule has 1 aromatic carbocycles. The molecule has 1 N–H and O–H groups in total. The normalized spacial score (nSPS) is 18.0. The maximum atomic E-state index is 12.7. The topological polar surface area (TPSA) is 82.2 Å². The number of nitrogens with zero attached hydrogens (tertiary/aromatic N) is 3. The first-order chi connectivity index (χ1) is 12.4. The van der Waals surface area contributed by atoms with Crippen LogP contribution in [0.2, 0.25) is 0 Å². The Morgan fingerprint density at radius 3 is 2.92 bits per heavy atom. The molecule has 7 heteroatoms. The number of amides is 1. The highest BCUT2D eigenvalue weighted by Gasteiger charge is 2.34. The zero-order valence-electron chi connectivity index (χ0n) is 14.9. The number of fused-ring (bicyclic) bond motifs is 1. The van der Waals surface area contributed by atoms with Crippen LogP contribution in [-0.2, 0) is 7.05 Å². The van der Waals surface area contributed by atoms with Crippen molar-refractivity contribution in [3.05, 3.63) is 54.0 Å². The second-order valence-corrected chi connectivity index (χ2v) is 7.11. The van der Waals surface area contributed by atoms with Gasteiger partial charge in [0.25, 0.3) is 5.91 Å². The van der Waals surface area contributed by atoms with E-state index in [0.717, 1.165) is 16.9 Å². The summed E-state index contributed by atoms with van der Waals surface area (Å²) >= 11 is 0. The first kappa shape index (κ1) is 16.4. The highest BCUT2D eigenvalue weighted by atomic mass is 16.5. The summed E-state index contributed by atoms with van der Waals surface area (Å²) in [4.78, 5) is 12.7. The van der Waals surface area contributed by atoms with Crippen LogP contribution < -0.4 is 10.1 Å². The maximum absolute atomic E-state index is 12.7.